The maximum atomic E-state index is 12.5. The molecule has 1 heterocycles. The lowest BCUT2D eigenvalue weighted by Crippen LogP contribution is -2.23. The third-order valence-electron chi connectivity index (χ3n) is 3.45. The molecule has 1 aromatic carbocycles. The molecule has 0 aliphatic heterocycles. The quantitative estimate of drug-likeness (QED) is 0.839. The summed E-state index contributed by atoms with van der Waals surface area (Å²) in [5, 5.41) is 12.4. The number of ether oxygens (including phenoxy) is 1. The number of carbonyl (C=O) groups excluding carboxylic acids is 1. The minimum atomic E-state index is -0.407. The zero-order valence-corrected chi connectivity index (χ0v) is 14.9. The lowest BCUT2D eigenvalue weighted by molar-refractivity contribution is -0.115. The number of pyridine rings is 1. The number of amides is 1. The molecule has 0 spiro atoms. The number of nitriles is 1. The molecular weight excluding hydrogens is 322 g/mol. The highest BCUT2D eigenvalue weighted by Crippen LogP contribution is 2.29. The molecule has 0 saturated carbocycles. The van der Waals surface area contributed by atoms with Crippen LogP contribution in [0, 0.1) is 25.2 Å². The van der Waals surface area contributed by atoms with Gasteiger partial charge in [0.05, 0.1) is 23.6 Å². The van der Waals surface area contributed by atoms with Gasteiger partial charge < -0.3 is 10.1 Å². The van der Waals surface area contributed by atoms with Crippen molar-refractivity contribution in [1.82, 2.24) is 4.98 Å². The Balaban J connectivity index is 2.17. The SMILES string of the molecule is COc1ccccc1NC(=O)C(C)Sc1nc(C)cc(C)c1C#N. The van der Waals surface area contributed by atoms with Crippen LogP contribution >= 0.6 is 11.8 Å². The molecule has 0 aliphatic rings. The number of rotatable bonds is 5. The van der Waals surface area contributed by atoms with Crippen LogP contribution in [0.15, 0.2) is 35.4 Å². The third kappa shape index (κ3) is 4.06. The number of para-hydroxylation sites is 2. The molecule has 1 N–H and O–H groups in total. The fourth-order valence-corrected chi connectivity index (χ4v) is 3.25. The summed E-state index contributed by atoms with van der Waals surface area (Å²) in [5.41, 5.74) is 2.82. The van der Waals surface area contributed by atoms with Crippen molar-refractivity contribution in [3.05, 3.63) is 47.2 Å². The fourth-order valence-electron chi connectivity index (χ4n) is 2.23. The molecular formula is C18H19N3O2S. The zero-order chi connectivity index (χ0) is 17.7. The van der Waals surface area contributed by atoms with Gasteiger partial charge in [-0.05, 0) is 44.5 Å². The molecule has 1 amide bonds. The van der Waals surface area contributed by atoms with E-state index < -0.39 is 5.25 Å². The molecule has 2 aromatic rings. The molecule has 24 heavy (non-hydrogen) atoms. The van der Waals surface area contributed by atoms with Gasteiger partial charge in [0.15, 0.2) is 0 Å². The number of hydrogen-bond acceptors (Lipinski definition) is 5. The highest BCUT2D eigenvalue weighted by Gasteiger charge is 2.19. The van der Waals surface area contributed by atoms with Crippen molar-refractivity contribution in [1.29, 1.82) is 5.26 Å². The minimum Gasteiger partial charge on any atom is -0.495 e. The Hall–Kier alpha value is -2.52. The predicted octanol–water partition coefficient (Wildman–Crippen LogP) is 3.70. The van der Waals surface area contributed by atoms with Crippen molar-refractivity contribution >= 4 is 23.4 Å². The van der Waals surface area contributed by atoms with Crippen molar-refractivity contribution < 1.29 is 9.53 Å². The van der Waals surface area contributed by atoms with E-state index in [9.17, 15) is 10.1 Å². The maximum absolute atomic E-state index is 12.5. The van der Waals surface area contributed by atoms with Gasteiger partial charge in [-0.25, -0.2) is 4.98 Å². The summed E-state index contributed by atoms with van der Waals surface area (Å²) >= 11 is 1.28. The second-order valence-electron chi connectivity index (χ2n) is 5.32. The molecule has 1 unspecified atom stereocenters. The predicted molar refractivity (Wildman–Crippen MR) is 95.4 cm³/mol. The van der Waals surface area contributed by atoms with Crippen LogP contribution in [0.1, 0.15) is 23.7 Å². The average molecular weight is 341 g/mol. The summed E-state index contributed by atoms with van der Waals surface area (Å²) in [6.07, 6.45) is 0. The van der Waals surface area contributed by atoms with Crippen LogP contribution in [0.3, 0.4) is 0 Å². The lowest BCUT2D eigenvalue weighted by atomic mass is 10.1. The Labute approximate surface area is 146 Å². The van der Waals surface area contributed by atoms with Crippen molar-refractivity contribution in [2.24, 2.45) is 0 Å². The number of anilines is 1. The smallest absolute Gasteiger partial charge is 0.237 e. The normalized spacial score (nSPS) is 11.5. The monoisotopic (exact) mass is 341 g/mol. The first-order valence-electron chi connectivity index (χ1n) is 7.45. The Morgan fingerprint density at radius 2 is 2.08 bits per heavy atom. The summed E-state index contributed by atoms with van der Waals surface area (Å²) < 4.78 is 5.24. The van der Waals surface area contributed by atoms with Crippen molar-refractivity contribution in [2.75, 3.05) is 12.4 Å². The molecule has 0 bridgehead atoms. The molecule has 0 radical (unpaired) electrons. The van der Waals surface area contributed by atoms with E-state index in [1.54, 1.807) is 26.2 Å². The number of methoxy groups -OCH3 is 1. The molecule has 124 valence electrons. The number of nitrogens with one attached hydrogen (secondary N) is 1. The standard InChI is InChI=1S/C18H19N3O2S/c1-11-9-12(2)20-18(14(11)10-19)24-13(3)17(22)21-15-7-5-6-8-16(15)23-4/h5-9,13H,1-4H3,(H,21,22). The lowest BCUT2D eigenvalue weighted by Gasteiger charge is -2.15. The van der Waals surface area contributed by atoms with Gasteiger partial charge in [-0.1, -0.05) is 23.9 Å². The average Bonchev–Trinajstić information content (AvgIpc) is 2.55. The minimum absolute atomic E-state index is 0.172. The zero-order valence-electron chi connectivity index (χ0n) is 14.1. The number of nitrogens with zero attached hydrogens (tertiary/aromatic N) is 2. The van der Waals surface area contributed by atoms with Gasteiger partial charge in [-0.2, -0.15) is 5.26 Å². The van der Waals surface area contributed by atoms with E-state index in [2.05, 4.69) is 16.4 Å². The molecule has 0 fully saturated rings. The molecule has 2 rings (SSSR count). The van der Waals surface area contributed by atoms with Crippen molar-refractivity contribution in [2.45, 2.75) is 31.0 Å². The molecule has 6 heteroatoms. The summed E-state index contributed by atoms with van der Waals surface area (Å²) in [7, 11) is 1.56. The van der Waals surface area contributed by atoms with Gasteiger partial charge in [-0.3, -0.25) is 4.79 Å². The van der Waals surface area contributed by atoms with Gasteiger partial charge in [0, 0.05) is 5.69 Å². The maximum Gasteiger partial charge on any atom is 0.237 e. The van der Waals surface area contributed by atoms with Crippen LogP contribution < -0.4 is 10.1 Å². The van der Waals surface area contributed by atoms with Crippen LogP contribution in [0.4, 0.5) is 5.69 Å². The summed E-state index contributed by atoms with van der Waals surface area (Å²) in [6.45, 7) is 5.53. The van der Waals surface area contributed by atoms with E-state index in [-0.39, 0.29) is 5.91 Å². The van der Waals surface area contributed by atoms with Crippen LogP contribution in [-0.2, 0) is 4.79 Å². The number of hydrogen-bond donors (Lipinski definition) is 1. The Bertz CT molecular complexity index is 799. The van der Waals surface area contributed by atoms with Crippen LogP contribution in [0.25, 0.3) is 0 Å². The number of carbonyl (C=O) groups is 1. The van der Waals surface area contributed by atoms with Crippen LogP contribution in [0.2, 0.25) is 0 Å². The highest BCUT2D eigenvalue weighted by atomic mass is 32.2. The van der Waals surface area contributed by atoms with E-state index in [1.165, 1.54) is 11.8 Å². The Kier molecular flexibility index (Phi) is 5.83. The van der Waals surface area contributed by atoms with Crippen LogP contribution in [0.5, 0.6) is 5.75 Å². The van der Waals surface area contributed by atoms with Crippen LogP contribution in [-0.4, -0.2) is 23.3 Å². The number of aromatic nitrogens is 1. The number of aryl methyl sites for hydroxylation is 2. The van der Waals surface area contributed by atoms with Crippen molar-refractivity contribution in [3.63, 3.8) is 0 Å². The second-order valence-corrected chi connectivity index (χ2v) is 6.65. The summed E-state index contributed by atoms with van der Waals surface area (Å²) in [6, 6.07) is 11.3. The van der Waals surface area contributed by atoms with E-state index in [1.807, 2.05) is 32.0 Å². The first kappa shape index (κ1) is 17.8. The number of thioether (sulfide) groups is 1. The first-order valence-corrected chi connectivity index (χ1v) is 8.33. The number of benzene rings is 1. The van der Waals surface area contributed by atoms with Crippen molar-refractivity contribution in [3.8, 4) is 11.8 Å². The Morgan fingerprint density at radius 1 is 1.38 bits per heavy atom. The van der Waals surface area contributed by atoms with Gasteiger partial charge >= 0.3 is 0 Å². The largest absolute Gasteiger partial charge is 0.495 e. The van der Waals surface area contributed by atoms with E-state index >= 15 is 0 Å². The van der Waals surface area contributed by atoms with E-state index in [0.717, 1.165) is 11.3 Å². The van der Waals surface area contributed by atoms with Gasteiger partial charge in [-0.15, -0.1) is 0 Å². The second kappa shape index (κ2) is 7.84. The summed E-state index contributed by atoms with van der Waals surface area (Å²) in [5.74, 6) is 0.430. The van der Waals surface area contributed by atoms with Gasteiger partial charge in [0.2, 0.25) is 5.91 Å². The molecule has 1 aromatic heterocycles. The third-order valence-corrected chi connectivity index (χ3v) is 4.53. The van der Waals surface area contributed by atoms with E-state index in [0.29, 0.717) is 22.0 Å². The highest BCUT2D eigenvalue weighted by molar-refractivity contribution is 8.00. The fraction of sp³-hybridized carbons (Fsp3) is 0.278. The van der Waals surface area contributed by atoms with Gasteiger partial charge in [0.25, 0.3) is 0 Å². The molecule has 0 saturated heterocycles. The molecule has 1 atom stereocenters. The molecule has 5 nitrogen and oxygen atoms in total. The Morgan fingerprint density at radius 3 is 2.75 bits per heavy atom. The topological polar surface area (TPSA) is 75.0 Å². The summed E-state index contributed by atoms with van der Waals surface area (Å²) in [4.78, 5) is 16.9. The first-order chi connectivity index (χ1) is 11.5. The van der Waals surface area contributed by atoms with E-state index in [4.69, 9.17) is 4.74 Å². The van der Waals surface area contributed by atoms with Gasteiger partial charge in [0.1, 0.15) is 16.8 Å². The molecule has 0 aliphatic carbocycles.